The molecule has 0 saturated carbocycles. The van der Waals surface area contributed by atoms with Crippen molar-refractivity contribution >= 4 is 30.6 Å². The molecular formula is C15H6F9O2S+. The maximum Gasteiger partial charge on any atom is 0.601 e. The zero-order valence-electron chi connectivity index (χ0n) is 12.6. The molecule has 0 aliphatic carbocycles. The summed E-state index contributed by atoms with van der Waals surface area (Å²) in [5.41, 5.74) is -4.78. The predicted octanol–water partition coefficient (Wildman–Crippen LogP) is 7.02. The van der Waals surface area contributed by atoms with Gasteiger partial charge in [-0.3, -0.25) is 0 Å². The molecule has 0 atom stereocenters. The molecule has 0 radical (unpaired) electrons. The number of rotatable bonds is 2. The van der Waals surface area contributed by atoms with Gasteiger partial charge in [0, 0.05) is 12.1 Å². The molecule has 2 nitrogen and oxygen atoms in total. The summed E-state index contributed by atoms with van der Waals surface area (Å²) in [5.74, 6) is -1.58. The van der Waals surface area contributed by atoms with E-state index in [2.05, 4.69) is 9.47 Å². The molecule has 3 rings (SSSR count). The highest BCUT2D eigenvalue weighted by molar-refractivity contribution is 7.43. The molecular weight excluding hydrogens is 415 g/mol. The first-order chi connectivity index (χ1) is 12.2. The van der Waals surface area contributed by atoms with Gasteiger partial charge in [-0.2, -0.15) is 0 Å². The second-order valence-electron chi connectivity index (χ2n) is 5.16. The Labute approximate surface area is 146 Å². The van der Waals surface area contributed by atoms with Gasteiger partial charge in [0.05, 0.1) is 10.8 Å². The minimum absolute atomic E-state index is 0.306. The molecule has 1 aromatic heterocycles. The van der Waals surface area contributed by atoms with Gasteiger partial charge in [-0.05, 0) is 24.3 Å². The van der Waals surface area contributed by atoms with E-state index in [0.29, 0.717) is 12.1 Å². The maximum absolute atomic E-state index is 13.5. The molecule has 0 aliphatic heterocycles. The molecule has 0 N–H and O–H groups in total. The normalized spacial score (nSPS) is 13.4. The number of ether oxygens (including phenoxy) is 2. The van der Waals surface area contributed by atoms with E-state index >= 15 is 0 Å². The number of hydrogen-bond acceptors (Lipinski definition) is 2. The molecule has 146 valence electrons. The Morgan fingerprint density at radius 2 is 0.963 bits per heavy atom. The Kier molecular flexibility index (Phi) is 4.36. The largest absolute Gasteiger partial charge is 0.601 e. The van der Waals surface area contributed by atoms with Crippen LogP contribution in [0, 0.1) is 0 Å². The van der Waals surface area contributed by atoms with Gasteiger partial charge in [-0.25, -0.2) is 0 Å². The summed E-state index contributed by atoms with van der Waals surface area (Å²) < 4.78 is 121. The van der Waals surface area contributed by atoms with Gasteiger partial charge in [0.25, 0.3) is 0 Å². The summed E-state index contributed by atoms with van der Waals surface area (Å²) in [6, 6.07) is 4.48. The van der Waals surface area contributed by atoms with Crippen molar-refractivity contribution in [1.82, 2.24) is 0 Å². The molecule has 12 heteroatoms. The molecule has 3 aromatic rings. The van der Waals surface area contributed by atoms with Crippen LogP contribution in [0.25, 0.3) is 20.2 Å². The Morgan fingerprint density at radius 1 is 0.593 bits per heavy atom. The minimum Gasteiger partial charge on any atom is -0.406 e. The van der Waals surface area contributed by atoms with Crippen molar-refractivity contribution in [2.75, 3.05) is 0 Å². The number of fused-ring (bicyclic) bond motifs is 3. The lowest BCUT2D eigenvalue weighted by atomic mass is 10.1. The van der Waals surface area contributed by atoms with Crippen LogP contribution in [0.3, 0.4) is 0 Å². The van der Waals surface area contributed by atoms with Gasteiger partial charge >= 0.3 is 18.2 Å². The predicted molar refractivity (Wildman–Crippen MR) is 78.6 cm³/mol. The quantitative estimate of drug-likeness (QED) is 0.327. The van der Waals surface area contributed by atoms with E-state index in [4.69, 9.17) is 0 Å². The molecule has 0 spiro atoms. The third kappa shape index (κ3) is 4.15. The lowest BCUT2D eigenvalue weighted by Crippen LogP contribution is -2.17. The van der Waals surface area contributed by atoms with Crippen LogP contribution in [0.5, 0.6) is 11.5 Å². The molecule has 0 amide bonds. The lowest BCUT2D eigenvalue weighted by Gasteiger charge is -2.08. The number of benzene rings is 2. The minimum atomic E-state index is -5.08. The summed E-state index contributed by atoms with van der Waals surface area (Å²) in [4.78, 5) is 0. The summed E-state index contributed by atoms with van der Waals surface area (Å²) in [6.07, 6.45) is -10.2. The van der Waals surface area contributed by atoms with Crippen LogP contribution in [0.4, 0.5) is 39.5 Å². The van der Waals surface area contributed by atoms with Gasteiger partial charge in [0.1, 0.15) is 22.0 Å². The van der Waals surface area contributed by atoms with E-state index in [0.717, 1.165) is 24.3 Å². The second-order valence-corrected chi connectivity index (χ2v) is 7.12. The first-order valence-electron chi connectivity index (χ1n) is 6.86. The molecule has 0 saturated heterocycles. The smallest absolute Gasteiger partial charge is 0.406 e. The molecule has 2 aromatic carbocycles. The molecule has 0 aliphatic rings. The van der Waals surface area contributed by atoms with E-state index in [-0.39, 0.29) is 20.2 Å². The fourth-order valence-electron chi connectivity index (χ4n) is 2.56. The zero-order chi connectivity index (χ0) is 20.2. The fourth-order valence-corrected chi connectivity index (χ4v) is 4.48. The number of hydrogen-bond donors (Lipinski definition) is 0. The van der Waals surface area contributed by atoms with Crippen LogP contribution in [0.1, 0.15) is 0 Å². The van der Waals surface area contributed by atoms with Gasteiger partial charge in [0.15, 0.2) is 9.40 Å². The topological polar surface area (TPSA) is 18.5 Å². The Morgan fingerprint density at radius 3 is 1.26 bits per heavy atom. The highest BCUT2D eigenvalue weighted by Gasteiger charge is 2.48. The number of halogens is 9. The van der Waals surface area contributed by atoms with Crippen molar-refractivity contribution in [3.05, 3.63) is 36.4 Å². The Bertz CT molecular complexity index is 926. The third-order valence-electron chi connectivity index (χ3n) is 3.33. The number of thiophene rings is 1. The first kappa shape index (κ1) is 19.4. The van der Waals surface area contributed by atoms with Crippen LogP contribution in [-0.2, 0) is 5.51 Å². The average molecular weight is 421 g/mol. The van der Waals surface area contributed by atoms with Crippen molar-refractivity contribution in [3.8, 4) is 11.5 Å². The van der Waals surface area contributed by atoms with E-state index in [9.17, 15) is 39.5 Å². The van der Waals surface area contributed by atoms with Crippen LogP contribution < -0.4 is 9.47 Å². The van der Waals surface area contributed by atoms with Crippen LogP contribution >= 0.6 is 10.5 Å². The summed E-state index contributed by atoms with van der Waals surface area (Å²) in [6.45, 7) is 0. The maximum atomic E-state index is 13.5. The van der Waals surface area contributed by atoms with E-state index < -0.39 is 40.2 Å². The van der Waals surface area contributed by atoms with Crippen molar-refractivity contribution in [2.45, 2.75) is 18.2 Å². The van der Waals surface area contributed by atoms with Crippen LogP contribution in [0.2, 0.25) is 0 Å². The van der Waals surface area contributed by atoms with E-state index in [1.165, 1.54) is 0 Å². The van der Waals surface area contributed by atoms with Crippen molar-refractivity contribution in [3.63, 3.8) is 0 Å². The first-order valence-corrected chi connectivity index (χ1v) is 8.08. The van der Waals surface area contributed by atoms with E-state index in [1.54, 1.807) is 0 Å². The van der Waals surface area contributed by atoms with Gasteiger partial charge in [0.2, 0.25) is 0 Å². The number of alkyl halides is 9. The molecule has 0 bridgehead atoms. The monoisotopic (exact) mass is 421 g/mol. The third-order valence-corrected chi connectivity index (χ3v) is 5.39. The molecule has 27 heavy (non-hydrogen) atoms. The zero-order valence-corrected chi connectivity index (χ0v) is 13.4. The van der Waals surface area contributed by atoms with Crippen molar-refractivity contribution in [1.29, 1.82) is 0 Å². The Balaban J connectivity index is 2.28. The SMILES string of the molecule is FC(F)(F)Oc1ccc2c(c1)c1cc(OC(F)(F)F)ccc1[s+]2C(F)(F)F. The van der Waals surface area contributed by atoms with Gasteiger partial charge in [-0.15, -0.1) is 39.5 Å². The summed E-state index contributed by atoms with van der Waals surface area (Å²) in [5, 5.41) is -0.611. The van der Waals surface area contributed by atoms with Crippen molar-refractivity contribution in [2.24, 2.45) is 0 Å². The average Bonchev–Trinajstić information content (AvgIpc) is 2.77. The van der Waals surface area contributed by atoms with Crippen LogP contribution in [-0.4, -0.2) is 12.7 Å². The Hall–Kier alpha value is -2.37. The highest BCUT2D eigenvalue weighted by atomic mass is 32.2. The van der Waals surface area contributed by atoms with Crippen LogP contribution in [0.15, 0.2) is 36.4 Å². The summed E-state index contributed by atoms with van der Waals surface area (Å²) >= 11 is 0. The van der Waals surface area contributed by atoms with Gasteiger partial charge < -0.3 is 9.47 Å². The second kappa shape index (κ2) is 6.08. The van der Waals surface area contributed by atoms with Crippen molar-refractivity contribution < 1.29 is 49.0 Å². The molecule has 1 heterocycles. The lowest BCUT2D eigenvalue weighted by molar-refractivity contribution is -0.275. The standard InChI is InChI=1S/C15H6F9O2S/c16-13(17,18)25-7-1-3-11-9(5-7)10-6-8(26-14(19,20)21)2-4-12(10)27(11)15(22,23)24/h1-6H/q+1. The van der Waals surface area contributed by atoms with E-state index in [1.807, 2.05) is 0 Å². The molecule has 0 unspecified atom stereocenters. The highest BCUT2D eigenvalue weighted by Crippen LogP contribution is 2.55. The summed E-state index contributed by atoms with van der Waals surface area (Å²) in [7, 11) is -2.53. The molecule has 0 fully saturated rings. The fraction of sp³-hybridized carbons (Fsp3) is 0.200. The van der Waals surface area contributed by atoms with Gasteiger partial charge in [-0.1, -0.05) is 0 Å².